The highest BCUT2D eigenvalue weighted by molar-refractivity contribution is 9.10. The number of allylic oxidation sites excluding steroid dienone is 4. The number of Topliss-reactive ketones (excluding diaryl/α,β-unsaturated/α-hetero) is 2. The van der Waals surface area contributed by atoms with Crippen molar-refractivity contribution >= 4 is 50.7 Å². The molecular formula is C42H46BrClN2O5. The molecule has 1 amide bonds. The number of ether oxygens (including phenoxy) is 2. The SMILES string of the molecule is CCOc1cc(C2C3=C(CC(C)(C)CC3=O)N(CCc3ccccc3)C3=C2C(=O)CC(C)(C)C3)cc(Br)c1OCC(=O)Nc1ccc(C)c(Cl)c1. The molecule has 2 aliphatic carbocycles. The van der Waals surface area contributed by atoms with Gasteiger partial charge in [-0.15, -0.1) is 0 Å². The molecular weight excluding hydrogens is 728 g/mol. The van der Waals surface area contributed by atoms with Crippen molar-refractivity contribution in [3.8, 4) is 11.5 Å². The van der Waals surface area contributed by atoms with Gasteiger partial charge in [0.05, 0.1) is 11.1 Å². The largest absolute Gasteiger partial charge is 0.490 e. The van der Waals surface area contributed by atoms with Crippen LogP contribution < -0.4 is 14.8 Å². The summed E-state index contributed by atoms with van der Waals surface area (Å²) >= 11 is 9.96. The summed E-state index contributed by atoms with van der Waals surface area (Å²) in [4.78, 5) is 43.9. The summed E-state index contributed by atoms with van der Waals surface area (Å²) < 4.78 is 12.7. The van der Waals surface area contributed by atoms with Crippen LogP contribution in [0.5, 0.6) is 11.5 Å². The topological polar surface area (TPSA) is 84.9 Å². The minimum atomic E-state index is -0.547. The molecule has 3 aliphatic rings. The first kappa shape index (κ1) is 36.9. The normalized spacial score (nSPS) is 18.4. The van der Waals surface area contributed by atoms with Gasteiger partial charge in [0.2, 0.25) is 0 Å². The zero-order valence-corrected chi connectivity index (χ0v) is 32.6. The Hall–Kier alpha value is -3.88. The lowest BCUT2D eigenvalue weighted by atomic mass is 9.63. The van der Waals surface area contributed by atoms with Crippen molar-refractivity contribution in [3.63, 3.8) is 0 Å². The molecule has 51 heavy (non-hydrogen) atoms. The van der Waals surface area contributed by atoms with Gasteiger partial charge in [-0.05, 0) is 101 Å². The fraction of sp³-hybridized carbons (Fsp3) is 0.405. The van der Waals surface area contributed by atoms with Crippen LogP contribution in [0.3, 0.4) is 0 Å². The van der Waals surface area contributed by atoms with Gasteiger partial charge in [-0.2, -0.15) is 0 Å². The van der Waals surface area contributed by atoms with E-state index in [2.05, 4.69) is 66.0 Å². The minimum Gasteiger partial charge on any atom is -0.490 e. The third-order valence-corrected chi connectivity index (χ3v) is 11.0. The number of aryl methyl sites for hydroxylation is 1. The predicted octanol–water partition coefficient (Wildman–Crippen LogP) is 9.76. The van der Waals surface area contributed by atoms with E-state index in [1.807, 2.05) is 50.2 Å². The second-order valence-electron chi connectivity index (χ2n) is 15.5. The number of nitrogens with zero attached hydrogens (tertiary/aromatic N) is 1. The van der Waals surface area contributed by atoms with Crippen LogP contribution in [0.25, 0.3) is 0 Å². The monoisotopic (exact) mass is 772 g/mol. The summed E-state index contributed by atoms with van der Waals surface area (Å²) in [6.07, 6.45) is 3.05. The Morgan fingerprint density at radius 3 is 2.12 bits per heavy atom. The van der Waals surface area contributed by atoms with E-state index in [1.54, 1.807) is 12.1 Å². The average molecular weight is 774 g/mol. The van der Waals surface area contributed by atoms with Gasteiger partial charge in [-0.25, -0.2) is 0 Å². The van der Waals surface area contributed by atoms with Crippen molar-refractivity contribution in [2.75, 3.05) is 25.1 Å². The molecule has 9 heteroatoms. The summed E-state index contributed by atoms with van der Waals surface area (Å²) in [5, 5.41) is 3.39. The van der Waals surface area contributed by atoms with E-state index in [0.717, 1.165) is 41.8 Å². The second kappa shape index (κ2) is 14.6. The summed E-state index contributed by atoms with van der Waals surface area (Å²) in [5.74, 6) is 0.0375. The van der Waals surface area contributed by atoms with Crippen LogP contribution in [0.2, 0.25) is 5.02 Å². The molecule has 3 aromatic carbocycles. The number of carbonyl (C=O) groups excluding carboxylic acids is 3. The number of amides is 1. The van der Waals surface area contributed by atoms with E-state index < -0.39 is 5.92 Å². The Bertz CT molecular complexity index is 1890. The molecule has 0 unspecified atom stereocenters. The summed E-state index contributed by atoms with van der Waals surface area (Å²) in [7, 11) is 0. The van der Waals surface area contributed by atoms with Crippen LogP contribution in [0, 0.1) is 17.8 Å². The van der Waals surface area contributed by atoms with Crippen molar-refractivity contribution in [2.45, 2.75) is 79.6 Å². The molecule has 1 heterocycles. The van der Waals surface area contributed by atoms with Gasteiger partial charge in [-0.1, -0.05) is 75.7 Å². The van der Waals surface area contributed by atoms with E-state index in [0.29, 0.717) is 63.8 Å². The van der Waals surface area contributed by atoms with Gasteiger partial charge < -0.3 is 19.7 Å². The molecule has 0 saturated heterocycles. The Morgan fingerprint density at radius 1 is 0.902 bits per heavy atom. The number of nitrogens with one attached hydrogen (secondary N) is 1. The van der Waals surface area contributed by atoms with Crippen molar-refractivity contribution in [1.29, 1.82) is 0 Å². The molecule has 268 valence electrons. The number of hydrogen-bond donors (Lipinski definition) is 1. The maximum absolute atomic E-state index is 14.3. The molecule has 0 saturated carbocycles. The zero-order valence-electron chi connectivity index (χ0n) is 30.3. The van der Waals surface area contributed by atoms with E-state index >= 15 is 0 Å². The smallest absolute Gasteiger partial charge is 0.262 e. The maximum Gasteiger partial charge on any atom is 0.262 e. The molecule has 0 spiro atoms. The maximum atomic E-state index is 14.3. The third kappa shape index (κ3) is 7.97. The van der Waals surface area contributed by atoms with Gasteiger partial charge >= 0.3 is 0 Å². The third-order valence-electron chi connectivity index (χ3n) is 9.96. The quantitative estimate of drug-likeness (QED) is 0.221. The lowest BCUT2D eigenvalue weighted by Gasteiger charge is -2.49. The minimum absolute atomic E-state index is 0.0717. The number of anilines is 1. The Morgan fingerprint density at radius 2 is 1.53 bits per heavy atom. The molecule has 3 aromatic rings. The van der Waals surface area contributed by atoms with Crippen molar-refractivity contribution in [1.82, 2.24) is 4.90 Å². The number of hydrogen-bond acceptors (Lipinski definition) is 6. The van der Waals surface area contributed by atoms with Gasteiger partial charge in [0, 0.05) is 58.6 Å². The summed E-state index contributed by atoms with van der Waals surface area (Å²) in [6, 6.07) is 19.5. The van der Waals surface area contributed by atoms with Gasteiger partial charge in [0.1, 0.15) is 0 Å². The Kier molecular flexibility index (Phi) is 10.6. The molecule has 1 N–H and O–H groups in total. The summed E-state index contributed by atoms with van der Waals surface area (Å²) in [5.41, 5.74) is 6.46. The lowest BCUT2D eigenvalue weighted by Crippen LogP contribution is -2.45. The van der Waals surface area contributed by atoms with Crippen LogP contribution in [0.4, 0.5) is 5.69 Å². The Balaban J connectivity index is 1.41. The van der Waals surface area contributed by atoms with Crippen LogP contribution in [0.1, 0.15) is 82.9 Å². The lowest BCUT2D eigenvalue weighted by molar-refractivity contribution is -0.120. The highest BCUT2D eigenvalue weighted by Crippen LogP contribution is 2.55. The predicted molar refractivity (Wildman–Crippen MR) is 205 cm³/mol. The highest BCUT2D eigenvalue weighted by Gasteiger charge is 2.49. The summed E-state index contributed by atoms with van der Waals surface area (Å²) in [6.45, 7) is 13.1. The van der Waals surface area contributed by atoms with E-state index in [1.165, 1.54) is 5.56 Å². The molecule has 6 rings (SSSR count). The Labute approximate surface area is 314 Å². The van der Waals surface area contributed by atoms with Crippen LogP contribution in [0.15, 0.2) is 87.7 Å². The number of carbonyl (C=O) groups is 3. The van der Waals surface area contributed by atoms with E-state index in [-0.39, 0.29) is 34.9 Å². The first-order chi connectivity index (χ1) is 24.2. The number of rotatable bonds is 10. The van der Waals surface area contributed by atoms with Gasteiger partial charge in [-0.3, -0.25) is 14.4 Å². The first-order valence-electron chi connectivity index (χ1n) is 17.7. The van der Waals surface area contributed by atoms with Crippen LogP contribution in [-0.2, 0) is 20.8 Å². The average Bonchev–Trinajstić information content (AvgIpc) is 3.04. The number of halogens is 2. The number of benzene rings is 3. The molecule has 7 nitrogen and oxygen atoms in total. The highest BCUT2D eigenvalue weighted by atomic mass is 79.9. The van der Waals surface area contributed by atoms with Gasteiger partial charge in [0.15, 0.2) is 29.7 Å². The molecule has 0 bridgehead atoms. The van der Waals surface area contributed by atoms with Crippen molar-refractivity contribution < 1.29 is 23.9 Å². The van der Waals surface area contributed by atoms with Crippen molar-refractivity contribution in [2.24, 2.45) is 10.8 Å². The fourth-order valence-corrected chi connectivity index (χ4v) is 8.45. The van der Waals surface area contributed by atoms with E-state index in [4.69, 9.17) is 21.1 Å². The fourth-order valence-electron chi connectivity index (χ4n) is 7.70. The van der Waals surface area contributed by atoms with Crippen LogP contribution in [-0.4, -0.2) is 42.1 Å². The first-order valence-corrected chi connectivity index (χ1v) is 18.8. The van der Waals surface area contributed by atoms with E-state index in [9.17, 15) is 14.4 Å². The zero-order chi connectivity index (χ0) is 36.7. The van der Waals surface area contributed by atoms with Gasteiger partial charge in [0.25, 0.3) is 5.91 Å². The second-order valence-corrected chi connectivity index (χ2v) is 16.7. The molecule has 0 radical (unpaired) electrons. The number of ketones is 2. The molecule has 0 aromatic heterocycles. The molecule has 0 atom stereocenters. The molecule has 0 fully saturated rings. The van der Waals surface area contributed by atoms with Crippen molar-refractivity contribution in [3.05, 3.63) is 109 Å². The standard InChI is InChI=1S/C42H46BrClN2O5/c1-7-50-35-18-27(17-29(43)40(35)51-24-36(49)45-28-14-13-25(2)30(44)19-28)37-38-31(20-41(3,4)22-33(38)47)46(16-15-26-11-9-8-10-12-26)32-21-42(5,6)23-34(48)39(32)37/h8-14,17-19,37H,7,15-16,20-24H2,1-6H3,(H,45,49). The van der Waals surface area contributed by atoms with Crippen LogP contribution >= 0.6 is 27.5 Å². The molecule has 1 aliphatic heterocycles.